The van der Waals surface area contributed by atoms with E-state index in [0.29, 0.717) is 12.5 Å². The van der Waals surface area contributed by atoms with E-state index in [-0.39, 0.29) is 0 Å². The van der Waals surface area contributed by atoms with Crippen LogP contribution in [0, 0.1) is 17.8 Å². The second kappa shape index (κ2) is 2.98. The Kier molecular flexibility index (Phi) is 1.99. The number of rotatable bonds is 1. The molecule has 1 heteroatoms. The zero-order chi connectivity index (χ0) is 7.68. The summed E-state index contributed by atoms with van der Waals surface area (Å²) >= 11 is 0. The summed E-state index contributed by atoms with van der Waals surface area (Å²) in [6, 6.07) is 0. The van der Waals surface area contributed by atoms with Gasteiger partial charge in [0.15, 0.2) is 0 Å². The van der Waals surface area contributed by atoms with Crippen molar-refractivity contribution in [3.05, 3.63) is 12.2 Å². The zero-order valence-corrected chi connectivity index (χ0v) is 6.87. The van der Waals surface area contributed by atoms with E-state index >= 15 is 0 Å². The number of allylic oxidation sites excluding steroid dienone is 2. The first-order valence-electron chi connectivity index (χ1n) is 4.67. The van der Waals surface area contributed by atoms with Crippen LogP contribution in [-0.4, -0.2) is 11.7 Å². The molecule has 1 N–H and O–H groups in total. The van der Waals surface area contributed by atoms with Crippen LogP contribution in [0.15, 0.2) is 12.2 Å². The molecule has 62 valence electrons. The quantitative estimate of drug-likeness (QED) is 0.569. The molecule has 0 spiro atoms. The van der Waals surface area contributed by atoms with Gasteiger partial charge < -0.3 is 5.11 Å². The highest BCUT2D eigenvalue weighted by Crippen LogP contribution is 2.40. The van der Waals surface area contributed by atoms with E-state index in [1.54, 1.807) is 0 Å². The Hall–Kier alpha value is -0.300. The van der Waals surface area contributed by atoms with Crippen LogP contribution in [0.3, 0.4) is 0 Å². The SMILES string of the molecule is OCC1CCC2C=CCC2C1. The highest BCUT2D eigenvalue weighted by molar-refractivity contribution is 5.03. The van der Waals surface area contributed by atoms with Gasteiger partial charge in [-0.15, -0.1) is 0 Å². The fourth-order valence-electron chi connectivity index (χ4n) is 2.50. The van der Waals surface area contributed by atoms with Crippen LogP contribution in [0.5, 0.6) is 0 Å². The molecular weight excluding hydrogens is 136 g/mol. The molecule has 2 rings (SSSR count). The monoisotopic (exact) mass is 152 g/mol. The van der Waals surface area contributed by atoms with E-state index in [2.05, 4.69) is 12.2 Å². The second-order valence-electron chi connectivity index (χ2n) is 3.95. The number of aliphatic hydroxyl groups excluding tert-OH is 1. The lowest BCUT2D eigenvalue weighted by Gasteiger charge is -2.30. The predicted octanol–water partition coefficient (Wildman–Crippen LogP) is 1.97. The molecule has 0 bridgehead atoms. The summed E-state index contributed by atoms with van der Waals surface area (Å²) < 4.78 is 0. The van der Waals surface area contributed by atoms with E-state index in [9.17, 15) is 0 Å². The average Bonchev–Trinajstić information content (AvgIpc) is 2.50. The van der Waals surface area contributed by atoms with E-state index in [0.717, 1.165) is 11.8 Å². The molecule has 0 amide bonds. The van der Waals surface area contributed by atoms with Gasteiger partial charge in [-0.1, -0.05) is 12.2 Å². The van der Waals surface area contributed by atoms with Gasteiger partial charge in [-0.25, -0.2) is 0 Å². The Balaban J connectivity index is 1.94. The van der Waals surface area contributed by atoms with Crippen LogP contribution >= 0.6 is 0 Å². The zero-order valence-electron chi connectivity index (χ0n) is 6.87. The predicted molar refractivity (Wildman–Crippen MR) is 45.2 cm³/mol. The summed E-state index contributed by atoms with van der Waals surface area (Å²) in [5.41, 5.74) is 0. The molecule has 0 radical (unpaired) electrons. The molecule has 11 heavy (non-hydrogen) atoms. The number of hydrogen-bond acceptors (Lipinski definition) is 1. The van der Waals surface area contributed by atoms with Crippen molar-refractivity contribution in [2.45, 2.75) is 25.7 Å². The number of hydrogen-bond donors (Lipinski definition) is 1. The third-order valence-electron chi connectivity index (χ3n) is 3.23. The summed E-state index contributed by atoms with van der Waals surface area (Å²) in [5.74, 6) is 2.34. The third-order valence-corrected chi connectivity index (χ3v) is 3.23. The topological polar surface area (TPSA) is 20.2 Å². The van der Waals surface area contributed by atoms with Crippen molar-refractivity contribution in [1.29, 1.82) is 0 Å². The fraction of sp³-hybridized carbons (Fsp3) is 0.800. The maximum absolute atomic E-state index is 8.99. The molecule has 0 saturated heterocycles. The molecule has 1 saturated carbocycles. The van der Waals surface area contributed by atoms with Gasteiger partial charge in [0.25, 0.3) is 0 Å². The van der Waals surface area contributed by atoms with E-state index in [1.807, 2.05) is 0 Å². The molecule has 0 aromatic heterocycles. The molecule has 2 aliphatic carbocycles. The van der Waals surface area contributed by atoms with Gasteiger partial charge in [0.1, 0.15) is 0 Å². The van der Waals surface area contributed by atoms with Crippen molar-refractivity contribution < 1.29 is 5.11 Å². The highest BCUT2D eigenvalue weighted by atomic mass is 16.3. The van der Waals surface area contributed by atoms with Crippen LogP contribution in [0.2, 0.25) is 0 Å². The normalized spacial score (nSPS) is 42.5. The Morgan fingerprint density at radius 2 is 2.27 bits per heavy atom. The molecule has 1 nitrogen and oxygen atoms in total. The first-order chi connectivity index (χ1) is 5.40. The van der Waals surface area contributed by atoms with Crippen molar-refractivity contribution in [3.63, 3.8) is 0 Å². The van der Waals surface area contributed by atoms with Gasteiger partial charge in [-0.2, -0.15) is 0 Å². The molecular formula is C10H16O. The number of fused-ring (bicyclic) bond motifs is 1. The molecule has 0 aromatic carbocycles. The van der Waals surface area contributed by atoms with Crippen molar-refractivity contribution in [2.24, 2.45) is 17.8 Å². The lowest BCUT2D eigenvalue weighted by atomic mass is 9.76. The molecule has 0 heterocycles. The summed E-state index contributed by atoms with van der Waals surface area (Å²) in [6.45, 7) is 0.406. The maximum atomic E-state index is 8.99. The maximum Gasteiger partial charge on any atom is 0.0459 e. The lowest BCUT2D eigenvalue weighted by Crippen LogP contribution is -2.22. The van der Waals surface area contributed by atoms with Gasteiger partial charge in [-0.05, 0) is 43.4 Å². The van der Waals surface area contributed by atoms with Crippen LogP contribution in [-0.2, 0) is 0 Å². The minimum atomic E-state index is 0.406. The van der Waals surface area contributed by atoms with Crippen LogP contribution < -0.4 is 0 Å². The lowest BCUT2D eigenvalue weighted by molar-refractivity contribution is 0.144. The highest BCUT2D eigenvalue weighted by Gasteiger charge is 2.30. The van der Waals surface area contributed by atoms with E-state index in [4.69, 9.17) is 5.11 Å². The van der Waals surface area contributed by atoms with Crippen LogP contribution in [0.25, 0.3) is 0 Å². The summed E-state index contributed by atoms with van der Waals surface area (Å²) in [4.78, 5) is 0. The summed E-state index contributed by atoms with van der Waals surface area (Å²) in [6.07, 6.45) is 9.76. The van der Waals surface area contributed by atoms with Gasteiger partial charge in [0.2, 0.25) is 0 Å². The summed E-state index contributed by atoms with van der Waals surface area (Å²) in [5, 5.41) is 8.99. The molecule has 0 aliphatic heterocycles. The second-order valence-corrected chi connectivity index (χ2v) is 3.95. The molecule has 3 atom stereocenters. The van der Waals surface area contributed by atoms with Crippen LogP contribution in [0.1, 0.15) is 25.7 Å². The van der Waals surface area contributed by atoms with Gasteiger partial charge in [0.05, 0.1) is 0 Å². The van der Waals surface area contributed by atoms with Crippen molar-refractivity contribution >= 4 is 0 Å². The third kappa shape index (κ3) is 1.34. The Labute approximate surface area is 68.1 Å². The first kappa shape index (κ1) is 7.35. The smallest absolute Gasteiger partial charge is 0.0459 e. The Morgan fingerprint density at radius 3 is 3.09 bits per heavy atom. The standard InChI is InChI=1S/C10H16O/c11-7-8-4-5-9-2-1-3-10(9)6-8/h1-2,8-11H,3-7H2. The van der Waals surface area contributed by atoms with Gasteiger partial charge in [0, 0.05) is 6.61 Å². The van der Waals surface area contributed by atoms with Crippen molar-refractivity contribution in [2.75, 3.05) is 6.61 Å². The Bertz CT molecular complexity index is 162. The Morgan fingerprint density at radius 1 is 1.36 bits per heavy atom. The minimum absolute atomic E-state index is 0.406. The average molecular weight is 152 g/mol. The van der Waals surface area contributed by atoms with E-state index < -0.39 is 0 Å². The van der Waals surface area contributed by atoms with Crippen LogP contribution in [0.4, 0.5) is 0 Å². The largest absolute Gasteiger partial charge is 0.396 e. The molecule has 0 aromatic rings. The van der Waals surface area contributed by atoms with E-state index in [1.165, 1.54) is 25.7 Å². The van der Waals surface area contributed by atoms with Crippen molar-refractivity contribution in [1.82, 2.24) is 0 Å². The minimum Gasteiger partial charge on any atom is -0.396 e. The molecule has 3 unspecified atom stereocenters. The summed E-state index contributed by atoms with van der Waals surface area (Å²) in [7, 11) is 0. The molecule has 2 aliphatic rings. The first-order valence-corrected chi connectivity index (χ1v) is 4.67. The van der Waals surface area contributed by atoms with Crippen molar-refractivity contribution in [3.8, 4) is 0 Å². The number of aliphatic hydroxyl groups is 1. The molecule has 1 fully saturated rings. The van der Waals surface area contributed by atoms with Gasteiger partial charge in [-0.3, -0.25) is 0 Å². The van der Waals surface area contributed by atoms with Gasteiger partial charge >= 0.3 is 0 Å². The fourth-order valence-corrected chi connectivity index (χ4v) is 2.50.